The largest absolute Gasteiger partial charge is 0.494 e. The van der Waals surface area contributed by atoms with Crippen LogP contribution in [0.5, 0.6) is 5.75 Å². The van der Waals surface area contributed by atoms with Gasteiger partial charge in [0.15, 0.2) is 5.16 Å². The standard InChI is InChI=1S/C17H19N3O2S/c1-2-21-11-7-8-13-14(9-11)19-17(18-13)23-10-15-12-5-3-4-6-16(12)22-20-15/h7-9H,2-6,10H2,1H3,(H,18,19). The van der Waals surface area contributed by atoms with E-state index in [1.54, 1.807) is 11.8 Å². The summed E-state index contributed by atoms with van der Waals surface area (Å²) in [5, 5.41) is 5.15. The minimum Gasteiger partial charge on any atom is -0.494 e. The number of ether oxygens (including phenoxy) is 1. The van der Waals surface area contributed by atoms with Gasteiger partial charge in [-0.15, -0.1) is 0 Å². The van der Waals surface area contributed by atoms with Crippen molar-refractivity contribution >= 4 is 22.8 Å². The van der Waals surface area contributed by atoms with E-state index in [0.29, 0.717) is 6.61 Å². The molecule has 120 valence electrons. The smallest absolute Gasteiger partial charge is 0.166 e. The van der Waals surface area contributed by atoms with Gasteiger partial charge in [-0.1, -0.05) is 16.9 Å². The van der Waals surface area contributed by atoms with Crippen LogP contribution < -0.4 is 4.74 Å². The predicted octanol–water partition coefficient (Wildman–Crippen LogP) is 4.12. The predicted molar refractivity (Wildman–Crippen MR) is 90.0 cm³/mol. The van der Waals surface area contributed by atoms with Crippen molar-refractivity contribution in [2.45, 2.75) is 43.5 Å². The maximum Gasteiger partial charge on any atom is 0.166 e. The average molecular weight is 329 g/mol. The third-order valence-electron chi connectivity index (χ3n) is 4.12. The van der Waals surface area contributed by atoms with Crippen molar-refractivity contribution in [1.29, 1.82) is 0 Å². The fraction of sp³-hybridized carbons (Fsp3) is 0.412. The molecule has 2 heterocycles. The van der Waals surface area contributed by atoms with Crippen molar-refractivity contribution in [2.75, 3.05) is 6.61 Å². The van der Waals surface area contributed by atoms with E-state index in [1.807, 2.05) is 25.1 Å². The Morgan fingerprint density at radius 3 is 3.13 bits per heavy atom. The van der Waals surface area contributed by atoms with Gasteiger partial charge in [-0.05, 0) is 38.3 Å². The molecule has 4 rings (SSSR count). The topological polar surface area (TPSA) is 63.9 Å². The Bertz CT molecular complexity index is 824. The monoisotopic (exact) mass is 329 g/mol. The highest BCUT2D eigenvalue weighted by molar-refractivity contribution is 7.98. The van der Waals surface area contributed by atoms with Gasteiger partial charge in [-0.3, -0.25) is 0 Å². The van der Waals surface area contributed by atoms with E-state index in [1.165, 1.54) is 18.4 Å². The first-order valence-corrected chi connectivity index (χ1v) is 9.03. The van der Waals surface area contributed by atoms with Crippen molar-refractivity contribution in [2.24, 2.45) is 0 Å². The van der Waals surface area contributed by atoms with E-state index in [0.717, 1.165) is 52.0 Å². The van der Waals surface area contributed by atoms with Gasteiger partial charge in [0.1, 0.15) is 11.5 Å². The number of nitrogens with one attached hydrogen (secondary N) is 1. The molecule has 1 aromatic carbocycles. The number of thioether (sulfide) groups is 1. The molecule has 0 atom stereocenters. The van der Waals surface area contributed by atoms with Crippen molar-refractivity contribution in [3.63, 3.8) is 0 Å². The van der Waals surface area contributed by atoms with Crippen molar-refractivity contribution in [3.05, 3.63) is 35.2 Å². The Balaban J connectivity index is 1.50. The van der Waals surface area contributed by atoms with Crippen LogP contribution in [0.4, 0.5) is 0 Å². The van der Waals surface area contributed by atoms with Gasteiger partial charge in [-0.25, -0.2) is 4.98 Å². The van der Waals surface area contributed by atoms with Gasteiger partial charge in [0.05, 0.1) is 23.3 Å². The molecule has 1 aliphatic carbocycles. The second-order valence-corrected chi connectivity index (χ2v) is 6.64. The minimum absolute atomic E-state index is 0.665. The SMILES string of the molecule is CCOc1ccc2nc(SCc3noc4c3CCCC4)[nH]c2c1. The number of hydrogen-bond donors (Lipinski definition) is 1. The van der Waals surface area contributed by atoms with Crippen LogP contribution in [0.2, 0.25) is 0 Å². The molecule has 0 unspecified atom stereocenters. The van der Waals surface area contributed by atoms with E-state index in [9.17, 15) is 0 Å². The molecule has 5 nitrogen and oxygen atoms in total. The number of H-pyrrole nitrogens is 1. The highest BCUT2D eigenvalue weighted by Crippen LogP contribution is 2.30. The normalized spacial score (nSPS) is 14.1. The Hall–Kier alpha value is -1.95. The molecule has 6 heteroatoms. The fourth-order valence-electron chi connectivity index (χ4n) is 2.99. The van der Waals surface area contributed by atoms with Crippen LogP contribution in [0.25, 0.3) is 11.0 Å². The average Bonchev–Trinajstić information content (AvgIpc) is 3.16. The molecule has 1 aliphatic rings. The maximum absolute atomic E-state index is 5.53. The fourth-order valence-corrected chi connectivity index (χ4v) is 3.83. The molecule has 0 fully saturated rings. The lowest BCUT2D eigenvalue weighted by molar-refractivity contribution is 0.340. The number of fused-ring (bicyclic) bond motifs is 2. The number of nitrogens with zero attached hydrogens (tertiary/aromatic N) is 2. The highest BCUT2D eigenvalue weighted by atomic mass is 32.2. The summed E-state index contributed by atoms with van der Waals surface area (Å²) in [6.45, 7) is 2.65. The molecular formula is C17H19N3O2S. The molecule has 2 aromatic heterocycles. The summed E-state index contributed by atoms with van der Waals surface area (Å²) in [6, 6.07) is 5.93. The quantitative estimate of drug-likeness (QED) is 0.713. The molecule has 23 heavy (non-hydrogen) atoms. The van der Waals surface area contributed by atoms with E-state index in [-0.39, 0.29) is 0 Å². The van der Waals surface area contributed by atoms with E-state index in [2.05, 4.69) is 15.1 Å². The summed E-state index contributed by atoms with van der Waals surface area (Å²) >= 11 is 1.67. The lowest BCUT2D eigenvalue weighted by Gasteiger charge is -2.08. The lowest BCUT2D eigenvalue weighted by atomic mass is 9.97. The first kappa shape index (κ1) is 14.6. The summed E-state index contributed by atoms with van der Waals surface area (Å²) in [5.41, 5.74) is 4.34. The molecule has 3 aromatic rings. The summed E-state index contributed by atoms with van der Waals surface area (Å²) in [7, 11) is 0. The molecule has 0 aliphatic heterocycles. The zero-order chi connectivity index (χ0) is 15.6. The van der Waals surface area contributed by atoms with E-state index in [4.69, 9.17) is 9.26 Å². The van der Waals surface area contributed by atoms with Crippen molar-refractivity contribution < 1.29 is 9.26 Å². The molecule has 0 saturated carbocycles. The van der Waals surface area contributed by atoms with Crippen LogP contribution in [-0.2, 0) is 18.6 Å². The van der Waals surface area contributed by atoms with Crippen LogP contribution in [0, 0.1) is 0 Å². The Labute approximate surface area is 138 Å². The first-order chi connectivity index (χ1) is 11.3. The maximum atomic E-state index is 5.53. The van der Waals surface area contributed by atoms with Gasteiger partial charge in [-0.2, -0.15) is 0 Å². The molecule has 0 radical (unpaired) electrons. The number of hydrogen-bond acceptors (Lipinski definition) is 5. The van der Waals surface area contributed by atoms with Crippen molar-refractivity contribution in [3.8, 4) is 5.75 Å². The van der Waals surface area contributed by atoms with E-state index >= 15 is 0 Å². The number of aromatic nitrogens is 3. The molecule has 0 spiro atoms. The lowest BCUT2D eigenvalue weighted by Crippen LogP contribution is -2.01. The van der Waals surface area contributed by atoms with Crippen LogP contribution in [0.1, 0.15) is 36.8 Å². The molecule has 0 saturated heterocycles. The third kappa shape index (κ3) is 2.95. The van der Waals surface area contributed by atoms with Crippen LogP contribution in [0.15, 0.2) is 27.9 Å². The van der Waals surface area contributed by atoms with Gasteiger partial charge in [0, 0.05) is 23.8 Å². The van der Waals surface area contributed by atoms with Gasteiger partial charge >= 0.3 is 0 Å². The molecule has 1 N–H and O–H groups in total. The van der Waals surface area contributed by atoms with E-state index < -0.39 is 0 Å². The number of rotatable bonds is 5. The second-order valence-electron chi connectivity index (χ2n) is 5.68. The minimum atomic E-state index is 0.665. The first-order valence-electron chi connectivity index (χ1n) is 8.05. The number of imidazole rings is 1. The summed E-state index contributed by atoms with van der Waals surface area (Å²) in [4.78, 5) is 7.97. The summed E-state index contributed by atoms with van der Waals surface area (Å²) in [5.74, 6) is 2.74. The van der Waals surface area contributed by atoms with Crippen LogP contribution in [-0.4, -0.2) is 21.7 Å². The van der Waals surface area contributed by atoms with Crippen molar-refractivity contribution in [1.82, 2.24) is 15.1 Å². The Kier molecular flexibility index (Phi) is 3.99. The Morgan fingerprint density at radius 1 is 1.30 bits per heavy atom. The third-order valence-corrected chi connectivity index (χ3v) is 5.00. The van der Waals surface area contributed by atoms with Gasteiger partial charge in [0.25, 0.3) is 0 Å². The zero-order valence-corrected chi connectivity index (χ0v) is 13.9. The number of aryl methyl sites for hydroxylation is 1. The molecular weight excluding hydrogens is 310 g/mol. The van der Waals surface area contributed by atoms with Gasteiger partial charge in [0.2, 0.25) is 0 Å². The van der Waals surface area contributed by atoms with Gasteiger partial charge < -0.3 is 14.2 Å². The second kappa shape index (κ2) is 6.28. The number of aromatic amines is 1. The molecule has 0 amide bonds. The summed E-state index contributed by atoms with van der Waals surface area (Å²) < 4.78 is 11.0. The number of benzene rings is 1. The summed E-state index contributed by atoms with van der Waals surface area (Å²) in [6.07, 6.45) is 4.56. The van der Waals surface area contributed by atoms with Crippen LogP contribution >= 0.6 is 11.8 Å². The Morgan fingerprint density at radius 2 is 2.22 bits per heavy atom. The zero-order valence-electron chi connectivity index (χ0n) is 13.1. The van der Waals surface area contributed by atoms with Crippen LogP contribution in [0.3, 0.4) is 0 Å². The molecule has 0 bridgehead atoms. The highest BCUT2D eigenvalue weighted by Gasteiger charge is 2.19.